The van der Waals surface area contributed by atoms with Gasteiger partial charge in [-0.15, -0.1) is 0 Å². The van der Waals surface area contributed by atoms with Crippen LogP contribution in [0.3, 0.4) is 0 Å². The molecule has 0 amide bonds. The fraction of sp³-hybridized carbons (Fsp3) is 0.250. The van der Waals surface area contributed by atoms with E-state index in [0.717, 1.165) is 9.79 Å². The molecular weight excluding hydrogens is 302 g/mol. The van der Waals surface area contributed by atoms with Crippen molar-refractivity contribution in [1.82, 2.24) is 0 Å². The first-order chi connectivity index (χ1) is 9.77. The van der Waals surface area contributed by atoms with Gasteiger partial charge in [-0.1, -0.05) is 37.7 Å². The van der Waals surface area contributed by atoms with Crippen molar-refractivity contribution in [1.29, 1.82) is 0 Å². The van der Waals surface area contributed by atoms with Gasteiger partial charge in [0.1, 0.15) is 0 Å². The smallest absolute Gasteiger partial charge is 0.175 e. The molecule has 112 valence electrons. The van der Waals surface area contributed by atoms with Gasteiger partial charge in [0.05, 0.1) is 4.90 Å². The minimum atomic E-state index is -3.22. The molecule has 2 aromatic carbocycles. The minimum Gasteiger partial charge on any atom is -0.398 e. The Morgan fingerprint density at radius 1 is 1.05 bits per heavy atom. The van der Waals surface area contributed by atoms with E-state index < -0.39 is 9.84 Å². The molecule has 0 saturated heterocycles. The molecule has 2 rings (SSSR count). The monoisotopic (exact) mass is 321 g/mol. The van der Waals surface area contributed by atoms with E-state index in [1.165, 1.54) is 29.6 Å². The average molecular weight is 321 g/mol. The Balaban J connectivity index is 2.24. The van der Waals surface area contributed by atoms with E-state index in [0.29, 0.717) is 11.6 Å². The summed E-state index contributed by atoms with van der Waals surface area (Å²) >= 11 is 1.53. The van der Waals surface area contributed by atoms with Crippen LogP contribution in [0.15, 0.2) is 57.2 Å². The van der Waals surface area contributed by atoms with Crippen LogP contribution in [-0.2, 0) is 9.84 Å². The zero-order chi connectivity index (χ0) is 15.6. The molecule has 0 spiro atoms. The van der Waals surface area contributed by atoms with Crippen LogP contribution in [0.2, 0.25) is 0 Å². The summed E-state index contributed by atoms with van der Waals surface area (Å²) in [4.78, 5) is 2.19. The van der Waals surface area contributed by atoms with E-state index in [9.17, 15) is 8.42 Å². The lowest BCUT2D eigenvalue weighted by Crippen LogP contribution is -1.99. The van der Waals surface area contributed by atoms with Crippen LogP contribution in [0.5, 0.6) is 0 Å². The van der Waals surface area contributed by atoms with Crippen molar-refractivity contribution < 1.29 is 8.42 Å². The van der Waals surface area contributed by atoms with Crippen molar-refractivity contribution in [2.75, 3.05) is 12.0 Å². The maximum absolute atomic E-state index is 11.5. The minimum absolute atomic E-state index is 0.250. The molecule has 0 heterocycles. The van der Waals surface area contributed by atoms with Crippen LogP contribution in [-0.4, -0.2) is 14.7 Å². The largest absolute Gasteiger partial charge is 0.398 e. The van der Waals surface area contributed by atoms with E-state index in [4.69, 9.17) is 5.73 Å². The summed E-state index contributed by atoms with van der Waals surface area (Å²) in [7, 11) is -3.22. The van der Waals surface area contributed by atoms with Crippen LogP contribution in [0.25, 0.3) is 0 Å². The zero-order valence-corrected chi connectivity index (χ0v) is 14.0. The van der Waals surface area contributed by atoms with Crippen LogP contribution in [0, 0.1) is 0 Å². The second-order valence-electron chi connectivity index (χ2n) is 5.30. The third-order valence-electron chi connectivity index (χ3n) is 3.18. The number of nitrogen functional groups attached to an aromatic ring is 1. The lowest BCUT2D eigenvalue weighted by molar-refractivity contribution is 0.602. The molecule has 2 N–H and O–H groups in total. The number of sulfone groups is 1. The Hall–Kier alpha value is -1.46. The molecule has 21 heavy (non-hydrogen) atoms. The van der Waals surface area contributed by atoms with Gasteiger partial charge in [-0.3, -0.25) is 0 Å². The quantitative estimate of drug-likeness (QED) is 0.866. The van der Waals surface area contributed by atoms with Crippen molar-refractivity contribution in [3.05, 3.63) is 48.0 Å². The molecule has 0 aromatic heterocycles. The first kappa shape index (κ1) is 15.9. The Kier molecular flexibility index (Phi) is 4.64. The second kappa shape index (κ2) is 6.12. The van der Waals surface area contributed by atoms with Gasteiger partial charge in [0.25, 0.3) is 0 Å². The SMILES string of the molecule is CC(C)c1ccc(Sc2ccc(S(C)(=O)=O)cc2N)cc1. The highest BCUT2D eigenvalue weighted by molar-refractivity contribution is 7.99. The Labute approximate surface area is 130 Å². The number of rotatable bonds is 4. The Morgan fingerprint density at radius 3 is 2.14 bits per heavy atom. The molecule has 5 heteroatoms. The molecular formula is C16H19NO2S2. The maximum atomic E-state index is 11.5. The first-order valence-corrected chi connectivity index (χ1v) is 9.35. The lowest BCUT2D eigenvalue weighted by Gasteiger charge is -2.09. The normalized spacial score (nSPS) is 11.8. The van der Waals surface area contributed by atoms with Crippen molar-refractivity contribution in [3.8, 4) is 0 Å². The zero-order valence-electron chi connectivity index (χ0n) is 12.3. The number of hydrogen-bond donors (Lipinski definition) is 1. The van der Waals surface area contributed by atoms with E-state index >= 15 is 0 Å². The van der Waals surface area contributed by atoms with E-state index in [2.05, 4.69) is 38.1 Å². The average Bonchev–Trinajstić information content (AvgIpc) is 2.40. The van der Waals surface area contributed by atoms with Crippen molar-refractivity contribution in [3.63, 3.8) is 0 Å². The van der Waals surface area contributed by atoms with Gasteiger partial charge < -0.3 is 5.73 Å². The third kappa shape index (κ3) is 4.02. The van der Waals surface area contributed by atoms with E-state index in [1.54, 1.807) is 12.1 Å². The highest BCUT2D eigenvalue weighted by Crippen LogP contribution is 2.33. The summed E-state index contributed by atoms with van der Waals surface area (Å²) in [5.74, 6) is 0.503. The van der Waals surface area contributed by atoms with Crippen LogP contribution < -0.4 is 5.73 Å². The van der Waals surface area contributed by atoms with Gasteiger partial charge in [0, 0.05) is 21.7 Å². The lowest BCUT2D eigenvalue weighted by atomic mass is 10.0. The second-order valence-corrected chi connectivity index (χ2v) is 8.43. The van der Waals surface area contributed by atoms with Crippen LogP contribution in [0.4, 0.5) is 5.69 Å². The van der Waals surface area contributed by atoms with E-state index in [1.807, 2.05) is 0 Å². The van der Waals surface area contributed by atoms with Gasteiger partial charge in [0.15, 0.2) is 9.84 Å². The highest BCUT2D eigenvalue weighted by atomic mass is 32.2. The number of hydrogen-bond acceptors (Lipinski definition) is 4. The van der Waals surface area contributed by atoms with Crippen molar-refractivity contribution in [2.45, 2.75) is 34.5 Å². The number of nitrogens with two attached hydrogens (primary N) is 1. The summed E-state index contributed by atoms with van der Waals surface area (Å²) in [6.07, 6.45) is 1.18. The van der Waals surface area contributed by atoms with Gasteiger partial charge in [-0.2, -0.15) is 0 Å². The van der Waals surface area contributed by atoms with Crippen LogP contribution >= 0.6 is 11.8 Å². The molecule has 0 aliphatic carbocycles. The molecule has 0 radical (unpaired) electrons. The summed E-state index contributed by atoms with van der Waals surface area (Å²) in [6, 6.07) is 13.2. The fourth-order valence-electron chi connectivity index (χ4n) is 1.90. The maximum Gasteiger partial charge on any atom is 0.175 e. The summed E-state index contributed by atoms with van der Waals surface area (Å²) in [5.41, 5.74) is 7.73. The first-order valence-electron chi connectivity index (χ1n) is 6.65. The molecule has 0 atom stereocenters. The van der Waals surface area contributed by atoms with Gasteiger partial charge >= 0.3 is 0 Å². The Morgan fingerprint density at radius 2 is 1.67 bits per heavy atom. The standard InChI is InChI=1S/C16H19NO2S2/c1-11(2)12-4-6-13(7-5-12)20-16-9-8-14(10-15(16)17)21(3,18)19/h4-11H,17H2,1-3H3. The molecule has 0 unspecified atom stereocenters. The molecule has 0 aliphatic rings. The summed E-state index contributed by atoms with van der Waals surface area (Å²) < 4.78 is 23.0. The molecule has 3 nitrogen and oxygen atoms in total. The highest BCUT2D eigenvalue weighted by Gasteiger charge is 2.10. The van der Waals surface area contributed by atoms with E-state index in [-0.39, 0.29) is 4.90 Å². The molecule has 0 aliphatic heterocycles. The topological polar surface area (TPSA) is 60.2 Å². The van der Waals surface area contributed by atoms with Crippen molar-refractivity contribution >= 4 is 27.3 Å². The molecule has 2 aromatic rings. The van der Waals surface area contributed by atoms with Crippen molar-refractivity contribution in [2.24, 2.45) is 0 Å². The molecule has 0 fully saturated rings. The van der Waals surface area contributed by atoms with Gasteiger partial charge in [-0.25, -0.2) is 8.42 Å². The molecule has 0 bridgehead atoms. The van der Waals surface area contributed by atoms with Gasteiger partial charge in [-0.05, 0) is 41.8 Å². The molecule has 0 saturated carbocycles. The predicted molar refractivity (Wildman–Crippen MR) is 88.6 cm³/mol. The number of anilines is 1. The summed E-state index contributed by atoms with van der Waals surface area (Å²) in [6.45, 7) is 4.31. The Bertz CT molecular complexity index is 735. The third-order valence-corrected chi connectivity index (χ3v) is 5.39. The number of benzene rings is 2. The van der Waals surface area contributed by atoms with Crippen LogP contribution in [0.1, 0.15) is 25.3 Å². The predicted octanol–water partition coefficient (Wildman–Crippen LogP) is 3.95. The summed E-state index contributed by atoms with van der Waals surface area (Å²) in [5, 5.41) is 0. The van der Waals surface area contributed by atoms with Gasteiger partial charge in [0.2, 0.25) is 0 Å². The fourth-order valence-corrected chi connectivity index (χ4v) is 3.39.